The molecule has 0 atom stereocenters. The van der Waals surface area contributed by atoms with E-state index in [1.165, 1.54) is 11.0 Å². The Kier molecular flexibility index (Phi) is 3.53. The minimum atomic E-state index is -0.664. The molecule has 0 saturated carbocycles. The van der Waals surface area contributed by atoms with E-state index in [4.69, 9.17) is 5.73 Å². The van der Waals surface area contributed by atoms with E-state index in [2.05, 4.69) is 15.9 Å². The van der Waals surface area contributed by atoms with Gasteiger partial charge in [-0.2, -0.15) is 0 Å². The Morgan fingerprint density at radius 1 is 1.06 bits per heavy atom. The van der Waals surface area contributed by atoms with Crippen molar-refractivity contribution in [2.24, 2.45) is 5.73 Å². The van der Waals surface area contributed by atoms with Crippen LogP contribution in [0.25, 0.3) is 0 Å². The number of rotatable bonds is 2. The standard InChI is InChI=1S/C13H11BrN2O2/c14-9-5-1-2-6-10(9)16(13(15)18)11-7-3-4-8-12(11)17/h1-8,17H,(H2,15,18). The summed E-state index contributed by atoms with van der Waals surface area (Å²) in [5, 5.41) is 9.82. The van der Waals surface area contributed by atoms with Crippen molar-refractivity contribution in [2.45, 2.75) is 0 Å². The van der Waals surface area contributed by atoms with Gasteiger partial charge in [0.05, 0.1) is 11.4 Å². The van der Waals surface area contributed by atoms with Gasteiger partial charge < -0.3 is 10.8 Å². The summed E-state index contributed by atoms with van der Waals surface area (Å²) in [5.41, 5.74) is 6.31. The van der Waals surface area contributed by atoms with E-state index in [0.717, 1.165) is 0 Å². The van der Waals surface area contributed by atoms with E-state index in [1.807, 2.05) is 6.07 Å². The first-order chi connectivity index (χ1) is 8.61. The number of carbonyl (C=O) groups is 1. The number of anilines is 2. The van der Waals surface area contributed by atoms with Crippen molar-refractivity contribution < 1.29 is 9.90 Å². The molecule has 18 heavy (non-hydrogen) atoms. The van der Waals surface area contributed by atoms with E-state index < -0.39 is 6.03 Å². The minimum absolute atomic E-state index is 0.00736. The smallest absolute Gasteiger partial charge is 0.324 e. The molecular formula is C13H11BrN2O2. The molecule has 5 heteroatoms. The lowest BCUT2D eigenvalue weighted by molar-refractivity contribution is 0.256. The average molecular weight is 307 g/mol. The first kappa shape index (κ1) is 12.4. The molecule has 0 aliphatic rings. The zero-order chi connectivity index (χ0) is 13.1. The molecule has 0 unspecified atom stereocenters. The largest absolute Gasteiger partial charge is 0.506 e. The Bertz CT molecular complexity index is 541. The summed E-state index contributed by atoms with van der Waals surface area (Å²) in [4.78, 5) is 12.9. The van der Waals surface area contributed by atoms with Crippen LogP contribution in [0.4, 0.5) is 16.2 Å². The highest BCUT2D eigenvalue weighted by Crippen LogP contribution is 2.36. The summed E-state index contributed by atoms with van der Waals surface area (Å²) in [5.74, 6) is -0.00736. The SMILES string of the molecule is NC(=O)N(c1ccccc1O)c1ccccc1Br. The number of hydrogen-bond donors (Lipinski definition) is 2. The molecule has 0 bridgehead atoms. The summed E-state index contributed by atoms with van der Waals surface area (Å²) in [7, 11) is 0. The van der Waals surface area contributed by atoms with Gasteiger partial charge in [-0.15, -0.1) is 0 Å². The summed E-state index contributed by atoms with van der Waals surface area (Å²) < 4.78 is 0.715. The zero-order valence-electron chi connectivity index (χ0n) is 9.38. The molecular weight excluding hydrogens is 296 g/mol. The molecule has 2 rings (SSSR count). The third kappa shape index (κ3) is 2.31. The normalized spacial score (nSPS) is 10.1. The molecule has 0 aliphatic carbocycles. The Morgan fingerprint density at radius 3 is 2.17 bits per heavy atom. The van der Waals surface area contributed by atoms with Crippen molar-refractivity contribution in [1.82, 2.24) is 0 Å². The maximum Gasteiger partial charge on any atom is 0.324 e. The average Bonchev–Trinajstić information content (AvgIpc) is 2.34. The molecule has 2 aromatic rings. The van der Waals surface area contributed by atoms with Gasteiger partial charge in [0, 0.05) is 4.47 Å². The lowest BCUT2D eigenvalue weighted by Gasteiger charge is -2.22. The van der Waals surface area contributed by atoms with Gasteiger partial charge in [-0.1, -0.05) is 24.3 Å². The third-order valence-corrected chi connectivity index (χ3v) is 3.11. The third-order valence-electron chi connectivity index (χ3n) is 2.44. The van der Waals surface area contributed by atoms with E-state index in [1.54, 1.807) is 36.4 Å². The molecule has 0 spiro atoms. The summed E-state index contributed by atoms with van der Waals surface area (Å²) in [6.07, 6.45) is 0. The number of benzene rings is 2. The van der Waals surface area contributed by atoms with Crippen molar-refractivity contribution in [3.63, 3.8) is 0 Å². The van der Waals surface area contributed by atoms with Crippen LogP contribution in [0.15, 0.2) is 53.0 Å². The van der Waals surface area contributed by atoms with Gasteiger partial charge in [-0.3, -0.25) is 4.90 Å². The zero-order valence-corrected chi connectivity index (χ0v) is 11.0. The van der Waals surface area contributed by atoms with Crippen LogP contribution in [0.3, 0.4) is 0 Å². The summed E-state index contributed by atoms with van der Waals surface area (Å²) >= 11 is 3.36. The molecule has 0 radical (unpaired) electrons. The van der Waals surface area contributed by atoms with Crippen molar-refractivity contribution in [3.05, 3.63) is 53.0 Å². The highest BCUT2D eigenvalue weighted by molar-refractivity contribution is 9.10. The molecule has 0 heterocycles. The Balaban J connectivity index is 2.58. The fraction of sp³-hybridized carbons (Fsp3) is 0. The second-order valence-electron chi connectivity index (χ2n) is 3.61. The highest BCUT2D eigenvalue weighted by atomic mass is 79.9. The van der Waals surface area contributed by atoms with Crippen molar-refractivity contribution in [2.75, 3.05) is 4.90 Å². The van der Waals surface area contributed by atoms with Crippen LogP contribution >= 0.6 is 15.9 Å². The fourth-order valence-electron chi connectivity index (χ4n) is 1.65. The number of phenolic OH excluding ortho intramolecular Hbond substituents is 1. The monoisotopic (exact) mass is 306 g/mol. The van der Waals surface area contributed by atoms with Crippen LogP contribution in [0, 0.1) is 0 Å². The maximum atomic E-state index is 11.6. The van der Waals surface area contributed by atoms with Crippen LogP contribution in [0.5, 0.6) is 5.75 Å². The van der Waals surface area contributed by atoms with Gasteiger partial charge in [0.25, 0.3) is 0 Å². The maximum absolute atomic E-state index is 11.6. The number of nitrogens with zero attached hydrogens (tertiary/aromatic N) is 1. The van der Waals surface area contributed by atoms with Crippen LogP contribution < -0.4 is 10.6 Å². The lowest BCUT2D eigenvalue weighted by Crippen LogP contribution is -2.31. The number of halogens is 1. The van der Waals surface area contributed by atoms with E-state index in [9.17, 15) is 9.90 Å². The number of nitrogens with two attached hydrogens (primary N) is 1. The molecule has 0 saturated heterocycles. The predicted molar refractivity (Wildman–Crippen MR) is 74.0 cm³/mol. The summed E-state index contributed by atoms with van der Waals surface area (Å²) in [6, 6.07) is 13.0. The van der Waals surface area contributed by atoms with Crippen molar-refractivity contribution in [1.29, 1.82) is 0 Å². The molecule has 0 fully saturated rings. The van der Waals surface area contributed by atoms with Crippen LogP contribution in [-0.2, 0) is 0 Å². The molecule has 2 aromatic carbocycles. The summed E-state index contributed by atoms with van der Waals surface area (Å²) in [6.45, 7) is 0. The van der Waals surface area contributed by atoms with E-state index >= 15 is 0 Å². The van der Waals surface area contributed by atoms with E-state index in [0.29, 0.717) is 15.8 Å². The quantitative estimate of drug-likeness (QED) is 0.893. The van der Waals surface area contributed by atoms with E-state index in [-0.39, 0.29) is 5.75 Å². The van der Waals surface area contributed by atoms with Gasteiger partial charge in [0.1, 0.15) is 5.75 Å². The molecule has 0 aromatic heterocycles. The molecule has 2 amide bonds. The highest BCUT2D eigenvalue weighted by Gasteiger charge is 2.19. The molecule has 92 valence electrons. The minimum Gasteiger partial charge on any atom is -0.506 e. The first-order valence-corrected chi connectivity index (χ1v) is 6.02. The van der Waals surface area contributed by atoms with Crippen LogP contribution in [0.1, 0.15) is 0 Å². The van der Waals surface area contributed by atoms with Crippen molar-refractivity contribution >= 4 is 33.3 Å². The first-order valence-electron chi connectivity index (χ1n) is 5.23. The number of carbonyl (C=O) groups excluding carboxylic acids is 1. The molecule has 0 aliphatic heterocycles. The second kappa shape index (κ2) is 5.10. The molecule has 3 N–H and O–H groups in total. The predicted octanol–water partition coefficient (Wildman–Crippen LogP) is 3.37. The van der Waals surface area contributed by atoms with Gasteiger partial charge in [0.15, 0.2) is 0 Å². The second-order valence-corrected chi connectivity index (χ2v) is 4.47. The lowest BCUT2D eigenvalue weighted by atomic mass is 10.2. The Labute approximate surface area is 113 Å². The number of primary amides is 1. The van der Waals surface area contributed by atoms with Gasteiger partial charge >= 0.3 is 6.03 Å². The topological polar surface area (TPSA) is 66.6 Å². The number of para-hydroxylation sites is 3. The Morgan fingerprint density at radius 2 is 1.61 bits per heavy atom. The fourth-order valence-corrected chi connectivity index (χ4v) is 2.12. The van der Waals surface area contributed by atoms with Crippen LogP contribution in [0.2, 0.25) is 0 Å². The number of phenols is 1. The van der Waals surface area contributed by atoms with Gasteiger partial charge in [-0.25, -0.2) is 4.79 Å². The number of aromatic hydroxyl groups is 1. The molecule has 4 nitrogen and oxygen atoms in total. The van der Waals surface area contributed by atoms with Crippen LogP contribution in [-0.4, -0.2) is 11.1 Å². The van der Waals surface area contributed by atoms with Crippen molar-refractivity contribution in [3.8, 4) is 5.75 Å². The number of urea groups is 1. The Hall–Kier alpha value is -2.01. The van der Waals surface area contributed by atoms with Gasteiger partial charge in [0.2, 0.25) is 0 Å². The number of amides is 2. The number of hydrogen-bond acceptors (Lipinski definition) is 2. The van der Waals surface area contributed by atoms with Gasteiger partial charge in [-0.05, 0) is 40.2 Å².